The van der Waals surface area contributed by atoms with E-state index < -0.39 is 18.3 Å². The van der Waals surface area contributed by atoms with E-state index >= 15 is 0 Å². The summed E-state index contributed by atoms with van der Waals surface area (Å²) < 4.78 is 31.9. The first kappa shape index (κ1) is 23.9. The third-order valence-electron chi connectivity index (χ3n) is 5.08. The summed E-state index contributed by atoms with van der Waals surface area (Å²) in [6.45, 7) is 0. The zero-order valence-corrected chi connectivity index (χ0v) is 19.7. The number of hydrogen-bond donors (Lipinski definition) is 1. The average molecular weight is 490 g/mol. The molecule has 35 heavy (non-hydrogen) atoms. The summed E-state index contributed by atoms with van der Waals surface area (Å²) in [5.41, 5.74) is 1.06. The molecule has 1 N–H and O–H groups in total. The van der Waals surface area contributed by atoms with E-state index in [1.54, 1.807) is 92.0 Å². The summed E-state index contributed by atoms with van der Waals surface area (Å²) in [5.74, 6) is 0.410. The summed E-state index contributed by atoms with van der Waals surface area (Å²) in [6.07, 6.45) is 0. The van der Waals surface area contributed by atoms with Gasteiger partial charge in [0.15, 0.2) is 5.78 Å². The van der Waals surface area contributed by atoms with Gasteiger partial charge in [-0.15, -0.1) is 0 Å². The van der Waals surface area contributed by atoms with Crippen molar-refractivity contribution in [2.24, 2.45) is 0 Å². The Morgan fingerprint density at radius 2 is 1.26 bits per heavy atom. The number of nitro groups is 1. The van der Waals surface area contributed by atoms with Gasteiger partial charge in [-0.05, 0) is 54.1 Å². The number of ether oxygens (including phenoxy) is 1. The molecule has 4 rings (SSSR count). The molecule has 0 saturated heterocycles. The fraction of sp³-hybridized carbons (Fsp3) is 0.0769. The number of hydrogen-bond acceptors (Lipinski definition) is 7. The van der Waals surface area contributed by atoms with Crippen molar-refractivity contribution in [3.05, 3.63) is 125 Å². The molecule has 0 aromatic heterocycles. The highest BCUT2D eigenvalue weighted by atomic mass is 31.2. The zero-order valence-electron chi connectivity index (χ0n) is 18.8. The van der Waals surface area contributed by atoms with Gasteiger partial charge in [0, 0.05) is 17.8 Å². The smallest absolute Gasteiger partial charge is 0.457 e. The number of benzene rings is 4. The van der Waals surface area contributed by atoms with Crippen molar-refractivity contribution in [1.82, 2.24) is 0 Å². The molecule has 0 amide bonds. The van der Waals surface area contributed by atoms with Gasteiger partial charge >= 0.3 is 7.60 Å². The lowest BCUT2D eigenvalue weighted by molar-refractivity contribution is -0.384. The van der Waals surface area contributed by atoms with Gasteiger partial charge in [-0.3, -0.25) is 10.1 Å². The molecule has 4 aromatic rings. The summed E-state index contributed by atoms with van der Waals surface area (Å²) in [5, 5.41) is 14.3. The maximum absolute atomic E-state index is 14.5. The second kappa shape index (κ2) is 10.8. The number of non-ortho nitro benzene ring substituents is 1. The second-order valence-electron chi connectivity index (χ2n) is 7.47. The summed E-state index contributed by atoms with van der Waals surface area (Å²) in [4.78, 5) is 10.6. The molecular formula is C26H23N2O6P. The second-order valence-corrected chi connectivity index (χ2v) is 9.43. The first-order valence-electron chi connectivity index (χ1n) is 10.7. The molecule has 0 radical (unpaired) electrons. The van der Waals surface area contributed by atoms with Crippen LogP contribution in [0, 0.1) is 10.1 Å². The summed E-state index contributed by atoms with van der Waals surface area (Å²) in [7, 11) is -2.44. The van der Waals surface area contributed by atoms with Crippen molar-refractivity contribution >= 4 is 19.0 Å². The number of anilines is 1. The van der Waals surface area contributed by atoms with Crippen LogP contribution < -0.4 is 19.1 Å². The van der Waals surface area contributed by atoms with E-state index in [2.05, 4.69) is 5.32 Å². The maximum atomic E-state index is 14.5. The molecular weight excluding hydrogens is 467 g/mol. The van der Waals surface area contributed by atoms with Gasteiger partial charge in [0.05, 0.1) is 12.0 Å². The maximum Gasteiger partial charge on any atom is 0.457 e. The Morgan fingerprint density at radius 3 is 1.71 bits per heavy atom. The standard InChI is InChI=1S/C26H23N2O6P/c1-32-23-18-12-20(13-19-23)26(27-21-14-16-22(17-15-21)28(29)30)35(31,33-24-8-4-2-5-9-24)34-25-10-6-3-7-11-25/h2-19,26-27H,1H3/t26-/m0/s1. The molecule has 0 heterocycles. The predicted molar refractivity (Wildman–Crippen MR) is 134 cm³/mol. The van der Waals surface area contributed by atoms with Crippen LogP contribution >= 0.6 is 7.60 Å². The number of methoxy groups -OCH3 is 1. The van der Waals surface area contributed by atoms with Gasteiger partial charge in [-0.1, -0.05) is 48.5 Å². The van der Waals surface area contributed by atoms with Crippen LogP contribution in [0.1, 0.15) is 11.3 Å². The van der Waals surface area contributed by atoms with Gasteiger partial charge in [0.2, 0.25) is 0 Å². The molecule has 0 saturated carbocycles. The van der Waals surface area contributed by atoms with Crippen molar-refractivity contribution in [2.45, 2.75) is 5.78 Å². The number of nitrogens with one attached hydrogen (secondary N) is 1. The van der Waals surface area contributed by atoms with E-state index in [1.165, 1.54) is 12.1 Å². The van der Waals surface area contributed by atoms with Gasteiger partial charge in [-0.25, -0.2) is 4.57 Å². The van der Waals surface area contributed by atoms with E-state index in [4.69, 9.17) is 13.8 Å². The van der Waals surface area contributed by atoms with Gasteiger partial charge in [0.1, 0.15) is 17.2 Å². The average Bonchev–Trinajstić information content (AvgIpc) is 2.88. The van der Waals surface area contributed by atoms with Crippen LogP contribution in [0.15, 0.2) is 109 Å². The van der Waals surface area contributed by atoms with Gasteiger partial charge in [0.25, 0.3) is 5.69 Å². The highest BCUT2D eigenvalue weighted by molar-refractivity contribution is 7.55. The van der Waals surface area contributed by atoms with Gasteiger partial charge < -0.3 is 19.1 Å². The Balaban J connectivity index is 1.78. The first-order chi connectivity index (χ1) is 17.0. The third-order valence-corrected chi connectivity index (χ3v) is 7.07. The first-order valence-corrected chi connectivity index (χ1v) is 12.3. The number of rotatable bonds is 10. The van der Waals surface area contributed by atoms with E-state index in [9.17, 15) is 14.7 Å². The monoisotopic (exact) mass is 490 g/mol. The molecule has 178 valence electrons. The topological polar surface area (TPSA) is 99.9 Å². The van der Waals surface area contributed by atoms with Crippen LogP contribution in [0.4, 0.5) is 11.4 Å². The minimum atomic E-state index is -4.00. The molecule has 0 fully saturated rings. The highest BCUT2D eigenvalue weighted by Gasteiger charge is 2.41. The molecule has 0 aliphatic heterocycles. The Hall–Kier alpha value is -4.29. The minimum Gasteiger partial charge on any atom is -0.497 e. The summed E-state index contributed by atoms with van der Waals surface area (Å²) in [6, 6.07) is 30.4. The quantitative estimate of drug-likeness (QED) is 0.144. The molecule has 8 nitrogen and oxygen atoms in total. The number of para-hydroxylation sites is 2. The van der Waals surface area contributed by atoms with Crippen molar-refractivity contribution in [3.63, 3.8) is 0 Å². The van der Waals surface area contributed by atoms with Crippen LogP contribution in [-0.2, 0) is 4.57 Å². The van der Waals surface area contributed by atoms with Crippen LogP contribution in [0.2, 0.25) is 0 Å². The van der Waals surface area contributed by atoms with Crippen molar-refractivity contribution in [1.29, 1.82) is 0 Å². The SMILES string of the molecule is COc1ccc([C@@H](Nc2ccc([N+](=O)[O-])cc2)P(=O)(Oc2ccccc2)Oc2ccccc2)cc1. The molecule has 1 atom stereocenters. The van der Waals surface area contributed by atoms with Crippen molar-refractivity contribution < 1.29 is 23.3 Å². The molecule has 9 heteroatoms. The fourth-order valence-corrected chi connectivity index (χ4v) is 5.27. The molecule has 0 unspecified atom stereocenters. The molecule has 0 aliphatic carbocycles. The lowest BCUT2D eigenvalue weighted by Gasteiger charge is -2.29. The van der Waals surface area contributed by atoms with Crippen molar-refractivity contribution in [2.75, 3.05) is 12.4 Å². The van der Waals surface area contributed by atoms with Crippen molar-refractivity contribution in [3.8, 4) is 17.2 Å². The van der Waals surface area contributed by atoms with E-state index in [0.717, 1.165) is 0 Å². The van der Waals surface area contributed by atoms with Crippen LogP contribution in [-0.4, -0.2) is 12.0 Å². The zero-order chi connectivity index (χ0) is 24.7. The van der Waals surface area contributed by atoms with E-state index in [-0.39, 0.29) is 5.69 Å². The molecule has 0 bridgehead atoms. The Morgan fingerprint density at radius 1 is 0.743 bits per heavy atom. The Labute approximate surface area is 202 Å². The summed E-state index contributed by atoms with van der Waals surface area (Å²) >= 11 is 0. The lowest BCUT2D eigenvalue weighted by Crippen LogP contribution is -2.18. The highest BCUT2D eigenvalue weighted by Crippen LogP contribution is 2.60. The molecule has 0 spiro atoms. The predicted octanol–water partition coefficient (Wildman–Crippen LogP) is 7.07. The fourth-order valence-electron chi connectivity index (χ4n) is 3.35. The van der Waals surface area contributed by atoms with E-state index in [0.29, 0.717) is 28.5 Å². The minimum absolute atomic E-state index is 0.0548. The van der Waals surface area contributed by atoms with E-state index in [1.807, 2.05) is 12.1 Å². The Bertz CT molecular complexity index is 1250. The number of nitro benzene ring substituents is 1. The lowest BCUT2D eigenvalue weighted by atomic mass is 10.2. The van der Waals surface area contributed by atoms with Gasteiger partial charge in [-0.2, -0.15) is 0 Å². The largest absolute Gasteiger partial charge is 0.497 e. The molecule has 4 aromatic carbocycles. The molecule has 0 aliphatic rings. The Kier molecular flexibility index (Phi) is 7.33. The normalized spacial score (nSPS) is 11.8. The van der Waals surface area contributed by atoms with Crippen LogP contribution in [0.3, 0.4) is 0 Å². The third kappa shape index (κ3) is 5.99. The van der Waals surface area contributed by atoms with Crippen LogP contribution in [0.25, 0.3) is 0 Å². The van der Waals surface area contributed by atoms with Crippen LogP contribution in [0.5, 0.6) is 17.2 Å². The number of nitrogens with zero attached hydrogens (tertiary/aromatic N) is 1.